The number of nitrogens with zero attached hydrogens (tertiary/aromatic N) is 1. The molecule has 1 heterocycles. The summed E-state index contributed by atoms with van der Waals surface area (Å²) in [6.07, 6.45) is 5.66. The van der Waals surface area contributed by atoms with Crippen molar-refractivity contribution in [2.75, 3.05) is 7.05 Å². The molecule has 68 valence electrons. The fraction of sp³-hybridized carbons (Fsp3) is 0.545. The summed E-state index contributed by atoms with van der Waals surface area (Å²) in [7, 11) is 1.85. The zero-order chi connectivity index (χ0) is 9.16. The van der Waals surface area contributed by atoms with E-state index in [1.807, 2.05) is 7.05 Å². The summed E-state index contributed by atoms with van der Waals surface area (Å²) in [5.41, 5.74) is 1.03. The largest absolute Gasteiger partial charge is 0.319 e. The maximum Gasteiger partial charge on any atom is 0.230 e. The third-order valence-corrected chi connectivity index (χ3v) is 3.89. The molecule has 1 saturated heterocycles. The van der Waals surface area contributed by atoms with E-state index in [1.54, 1.807) is 4.90 Å². The molecule has 2 aliphatic carbocycles. The van der Waals surface area contributed by atoms with Crippen LogP contribution < -0.4 is 0 Å². The van der Waals surface area contributed by atoms with Gasteiger partial charge in [0.25, 0.3) is 0 Å². The van der Waals surface area contributed by atoms with Crippen molar-refractivity contribution < 1.29 is 4.79 Å². The number of likely N-dealkylation sites (tertiary alicyclic amines) is 1. The third-order valence-electron chi connectivity index (χ3n) is 3.89. The van der Waals surface area contributed by atoms with E-state index in [9.17, 15) is 4.79 Å². The Balaban J connectivity index is 2.08. The van der Waals surface area contributed by atoms with Crippen LogP contribution in [0.2, 0.25) is 0 Å². The molecule has 0 N–H and O–H groups in total. The molecule has 0 aromatic heterocycles. The first kappa shape index (κ1) is 7.36. The van der Waals surface area contributed by atoms with E-state index in [0.29, 0.717) is 17.8 Å². The molecule has 0 aromatic rings. The van der Waals surface area contributed by atoms with Gasteiger partial charge in [-0.15, -0.1) is 0 Å². The van der Waals surface area contributed by atoms with Gasteiger partial charge in [0.2, 0.25) is 5.91 Å². The number of rotatable bonds is 0. The first-order valence-corrected chi connectivity index (χ1v) is 4.85. The van der Waals surface area contributed by atoms with Gasteiger partial charge in [-0.05, 0) is 18.3 Å². The van der Waals surface area contributed by atoms with Crippen molar-refractivity contribution in [2.24, 2.45) is 23.7 Å². The van der Waals surface area contributed by atoms with Crippen molar-refractivity contribution in [2.45, 2.75) is 6.42 Å². The molecule has 0 radical (unpaired) electrons. The lowest BCUT2D eigenvalue weighted by atomic mass is 9.84. The van der Waals surface area contributed by atoms with Gasteiger partial charge in [-0.1, -0.05) is 18.7 Å². The number of fused-ring (bicyclic) bond motifs is 5. The Bertz CT molecular complexity index is 301. The summed E-state index contributed by atoms with van der Waals surface area (Å²) in [4.78, 5) is 13.6. The van der Waals surface area contributed by atoms with Gasteiger partial charge in [0, 0.05) is 18.7 Å². The van der Waals surface area contributed by atoms with Gasteiger partial charge in [0.1, 0.15) is 0 Å². The molecule has 4 atom stereocenters. The minimum Gasteiger partial charge on any atom is -0.319 e. The van der Waals surface area contributed by atoms with Gasteiger partial charge in [0.05, 0.1) is 5.92 Å². The second-order valence-electron chi connectivity index (χ2n) is 4.39. The summed E-state index contributed by atoms with van der Waals surface area (Å²) in [6.45, 7) is 4.02. The summed E-state index contributed by atoms with van der Waals surface area (Å²) < 4.78 is 0. The topological polar surface area (TPSA) is 20.3 Å². The molecule has 1 aliphatic heterocycles. The lowest BCUT2D eigenvalue weighted by Crippen LogP contribution is -2.24. The molecule has 4 unspecified atom stereocenters. The van der Waals surface area contributed by atoms with Gasteiger partial charge >= 0.3 is 0 Å². The highest BCUT2D eigenvalue weighted by molar-refractivity contribution is 5.85. The Hall–Kier alpha value is -1.05. The molecule has 1 saturated carbocycles. The monoisotopic (exact) mass is 175 g/mol. The fourth-order valence-corrected chi connectivity index (χ4v) is 3.20. The molecular formula is C11H13NO. The second-order valence-corrected chi connectivity index (χ2v) is 4.39. The molecule has 0 aromatic carbocycles. The smallest absolute Gasteiger partial charge is 0.230 e. The average Bonchev–Trinajstić information content (AvgIpc) is 2.76. The molecule has 2 fully saturated rings. The molecular weight excluding hydrogens is 162 g/mol. The van der Waals surface area contributed by atoms with Crippen LogP contribution in [0, 0.1) is 23.7 Å². The molecule has 13 heavy (non-hydrogen) atoms. The van der Waals surface area contributed by atoms with Crippen LogP contribution in [0.1, 0.15) is 6.42 Å². The zero-order valence-electron chi connectivity index (χ0n) is 7.73. The van der Waals surface area contributed by atoms with Crippen molar-refractivity contribution in [3.05, 3.63) is 24.4 Å². The fourth-order valence-electron chi connectivity index (χ4n) is 3.20. The number of amides is 1. The Kier molecular flexibility index (Phi) is 1.17. The number of carbonyl (C=O) groups excluding carboxylic acids is 1. The number of hydrogen-bond donors (Lipinski definition) is 0. The highest BCUT2D eigenvalue weighted by Crippen LogP contribution is 2.55. The summed E-state index contributed by atoms with van der Waals surface area (Å²) in [5, 5.41) is 0. The number of carbonyl (C=O) groups is 1. The third kappa shape index (κ3) is 0.679. The van der Waals surface area contributed by atoms with Gasteiger partial charge in [-0.3, -0.25) is 4.79 Å². The summed E-state index contributed by atoms with van der Waals surface area (Å²) in [6, 6.07) is 0. The summed E-state index contributed by atoms with van der Waals surface area (Å²) in [5.74, 6) is 2.03. The van der Waals surface area contributed by atoms with Crippen LogP contribution in [0.3, 0.4) is 0 Å². The summed E-state index contributed by atoms with van der Waals surface area (Å²) >= 11 is 0. The minimum atomic E-state index is 0.229. The van der Waals surface area contributed by atoms with E-state index in [4.69, 9.17) is 0 Å². The highest BCUT2D eigenvalue weighted by atomic mass is 16.2. The van der Waals surface area contributed by atoms with Crippen molar-refractivity contribution in [3.8, 4) is 0 Å². The second kappa shape index (κ2) is 2.06. The molecule has 3 rings (SSSR count). The normalized spacial score (nSPS) is 46.4. The number of hydrogen-bond acceptors (Lipinski definition) is 1. The molecule has 2 bridgehead atoms. The van der Waals surface area contributed by atoms with E-state index >= 15 is 0 Å². The minimum absolute atomic E-state index is 0.229. The van der Waals surface area contributed by atoms with Crippen LogP contribution in [0.5, 0.6) is 0 Å². The van der Waals surface area contributed by atoms with Gasteiger partial charge in [-0.25, -0.2) is 0 Å². The molecule has 3 aliphatic rings. The maximum absolute atomic E-state index is 11.8. The predicted octanol–water partition coefficient (Wildman–Crippen LogP) is 1.41. The van der Waals surface area contributed by atoms with Crippen LogP contribution in [-0.4, -0.2) is 17.9 Å². The van der Waals surface area contributed by atoms with Crippen LogP contribution in [0.4, 0.5) is 0 Å². The Morgan fingerprint density at radius 1 is 1.38 bits per heavy atom. The van der Waals surface area contributed by atoms with Gasteiger partial charge in [-0.2, -0.15) is 0 Å². The van der Waals surface area contributed by atoms with E-state index in [0.717, 1.165) is 5.70 Å². The average molecular weight is 175 g/mol. The molecule has 1 amide bonds. The first-order valence-electron chi connectivity index (χ1n) is 4.85. The molecule has 2 heteroatoms. The van der Waals surface area contributed by atoms with Crippen molar-refractivity contribution in [3.63, 3.8) is 0 Å². The molecule has 0 spiro atoms. The van der Waals surface area contributed by atoms with Crippen molar-refractivity contribution >= 4 is 5.91 Å². The van der Waals surface area contributed by atoms with E-state index in [1.165, 1.54) is 6.42 Å². The van der Waals surface area contributed by atoms with Crippen LogP contribution in [0.25, 0.3) is 0 Å². The van der Waals surface area contributed by atoms with Gasteiger partial charge < -0.3 is 4.90 Å². The van der Waals surface area contributed by atoms with E-state index < -0.39 is 0 Å². The maximum atomic E-state index is 11.8. The quantitative estimate of drug-likeness (QED) is 0.510. The SMILES string of the molecule is C=C1C2C3C=CC(C3)C2C(=O)N1C. The first-order chi connectivity index (χ1) is 6.20. The van der Waals surface area contributed by atoms with Gasteiger partial charge in [0.15, 0.2) is 0 Å². The molecule has 2 nitrogen and oxygen atoms in total. The van der Waals surface area contributed by atoms with Crippen LogP contribution in [-0.2, 0) is 4.79 Å². The Morgan fingerprint density at radius 2 is 2.00 bits per heavy atom. The van der Waals surface area contributed by atoms with Crippen molar-refractivity contribution in [1.29, 1.82) is 0 Å². The van der Waals surface area contributed by atoms with E-state index in [2.05, 4.69) is 18.7 Å². The van der Waals surface area contributed by atoms with Crippen LogP contribution >= 0.6 is 0 Å². The standard InChI is InChI=1S/C11H13NO/c1-6-9-7-3-4-8(5-7)10(9)11(13)12(6)2/h3-4,7-10H,1,5H2,2H3. The lowest BCUT2D eigenvalue weighted by molar-refractivity contribution is -0.130. The Labute approximate surface area is 77.9 Å². The van der Waals surface area contributed by atoms with E-state index in [-0.39, 0.29) is 11.8 Å². The van der Waals surface area contributed by atoms with Crippen molar-refractivity contribution in [1.82, 2.24) is 4.90 Å². The highest BCUT2D eigenvalue weighted by Gasteiger charge is 2.55. The van der Waals surface area contributed by atoms with Crippen LogP contribution in [0.15, 0.2) is 24.4 Å². The number of allylic oxidation sites excluding steroid dienone is 3. The Morgan fingerprint density at radius 3 is 2.62 bits per heavy atom. The lowest BCUT2D eigenvalue weighted by Gasteiger charge is -2.17. The predicted molar refractivity (Wildman–Crippen MR) is 49.6 cm³/mol. The zero-order valence-corrected chi connectivity index (χ0v) is 7.73.